The number of hydrogen-bond acceptors (Lipinski definition) is 5. The normalized spacial score (nSPS) is 17.1. The second kappa shape index (κ2) is 9.15. The molecule has 0 bridgehead atoms. The van der Waals surface area contributed by atoms with Crippen molar-refractivity contribution in [1.29, 1.82) is 0 Å². The molecule has 2 heterocycles. The van der Waals surface area contributed by atoms with Gasteiger partial charge in [-0.3, -0.25) is 0 Å². The van der Waals surface area contributed by atoms with Crippen molar-refractivity contribution >= 4 is 6.03 Å². The number of likely N-dealkylation sites (tertiary alicyclic amines) is 1. The van der Waals surface area contributed by atoms with Crippen LogP contribution in [0.25, 0.3) is 0 Å². The lowest BCUT2D eigenvalue weighted by Crippen LogP contribution is -2.48. The van der Waals surface area contributed by atoms with E-state index in [2.05, 4.69) is 41.3 Å². The summed E-state index contributed by atoms with van der Waals surface area (Å²) >= 11 is 0. The quantitative estimate of drug-likeness (QED) is 0.762. The Kier molecular flexibility index (Phi) is 7.19. The Bertz CT molecular complexity index is 553. The second-order valence-electron chi connectivity index (χ2n) is 6.77. The first-order valence-corrected chi connectivity index (χ1v) is 9.23. The summed E-state index contributed by atoms with van der Waals surface area (Å²) in [7, 11) is 3.97. The zero-order valence-electron chi connectivity index (χ0n) is 15.9. The first-order chi connectivity index (χ1) is 12.0. The number of likely N-dealkylation sites (N-methyl/N-ethyl adjacent to an activating group) is 1. The van der Waals surface area contributed by atoms with Crippen molar-refractivity contribution in [3.8, 4) is 0 Å². The minimum absolute atomic E-state index is 0.0235. The number of hydrogen-bond donors (Lipinski definition) is 2. The van der Waals surface area contributed by atoms with Crippen LogP contribution in [0.15, 0.2) is 0 Å². The molecule has 1 aliphatic rings. The van der Waals surface area contributed by atoms with Gasteiger partial charge in [-0.15, -0.1) is 10.2 Å². The Morgan fingerprint density at radius 2 is 2.04 bits per heavy atom. The number of carbonyl (C=O) groups is 1. The maximum Gasteiger partial charge on any atom is 0.317 e. The van der Waals surface area contributed by atoms with E-state index in [1.807, 2.05) is 16.5 Å². The number of nitrogens with one attached hydrogen (secondary N) is 1. The van der Waals surface area contributed by atoms with Crippen molar-refractivity contribution in [3.63, 3.8) is 0 Å². The third kappa shape index (κ3) is 4.70. The van der Waals surface area contributed by atoms with Gasteiger partial charge >= 0.3 is 6.03 Å². The zero-order chi connectivity index (χ0) is 18.4. The Morgan fingerprint density at radius 1 is 1.36 bits per heavy atom. The van der Waals surface area contributed by atoms with E-state index < -0.39 is 0 Å². The lowest BCUT2D eigenvalue weighted by Gasteiger charge is -2.33. The molecule has 0 unspecified atom stereocenters. The highest BCUT2D eigenvalue weighted by molar-refractivity contribution is 5.74. The lowest BCUT2D eigenvalue weighted by atomic mass is 9.96. The Morgan fingerprint density at radius 3 is 2.56 bits per heavy atom. The summed E-state index contributed by atoms with van der Waals surface area (Å²) in [6.45, 7) is 7.28. The molecular weight excluding hydrogens is 320 g/mol. The third-order valence-corrected chi connectivity index (χ3v) is 5.37. The molecule has 1 saturated heterocycles. The zero-order valence-corrected chi connectivity index (χ0v) is 15.9. The average molecular weight is 352 g/mol. The molecule has 0 aliphatic carbocycles. The molecule has 0 radical (unpaired) electrons. The fourth-order valence-corrected chi connectivity index (χ4v) is 3.40. The van der Waals surface area contributed by atoms with Crippen LogP contribution in [0.2, 0.25) is 0 Å². The molecule has 1 aromatic rings. The average Bonchev–Trinajstić information content (AvgIpc) is 3.02. The number of aliphatic hydroxyl groups excluding tert-OH is 1. The van der Waals surface area contributed by atoms with Gasteiger partial charge in [-0.05, 0) is 32.9 Å². The van der Waals surface area contributed by atoms with Crippen LogP contribution >= 0.6 is 0 Å². The molecule has 0 saturated carbocycles. The molecule has 2 rings (SSSR count). The second-order valence-corrected chi connectivity index (χ2v) is 6.77. The van der Waals surface area contributed by atoms with Gasteiger partial charge in [0.25, 0.3) is 0 Å². The number of rotatable bonds is 7. The highest BCUT2D eigenvalue weighted by atomic mass is 16.3. The Hall–Kier alpha value is -1.67. The van der Waals surface area contributed by atoms with Gasteiger partial charge in [0.2, 0.25) is 0 Å². The molecule has 0 aromatic carbocycles. The molecule has 1 aliphatic heterocycles. The Balaban J connectivity index is 1.83. The maximum absolute atomic E-state index is 12.4. The first kappa shape index (κ1) is 19.7. The predicted octanol–water partition coefficient (Wildman–Crippen LogP) is 0.927. The van der Waals surface area contributed by atoms with E-state index in [1.54, 1.807) is 0 Å². The summed E-state index contributed by atoms with van der Waals surface area (Å²) in [5.41, 5.74) is 0. The van der Waals surface area contributed by atoms with E-state index in [4.69, 9.17) is 0 Å². The molecule has 142 valence electrons. The van der Waals surface area contributed by atoms with E-state index in [0.717, 1.165) is 44.7 Å². The van der Waals surface area contributed by atoms with Gasteiger partial charge in [0.1, 0.15) is 12.4 Å². The van der Waals surface area contributed by atoms with Crippen LogP contribution in [0, 0.1) is 0 Å². The molecule has 1 fully saturated rings. The van der Waals surface area contributed by atoms with Crippen molar-refractivity contribution in [2.75, 3.05) is 33.2 Å². The number of amides is 2. The number of nitrogens with zero attached hydrogens (tertiary/aromatic N) is 5. The minimum atomic E-state index is -0.102. The number of aliphatic hydroxyl groups is 1. The number of urea groups is 1. The highest BCUT2D eigenvalue weighted by Crippen LogP contribution is 2.26. The van der Waals surface area contributed by atoms with Crippen LogP contribution in [0.4, 0.5) is 4.79 Å². The van der Waals surface area contributed by atoms with Crippen LogP contribution in [0.3, 0.4) is 0 Å². The largest absolute Gasteiger partial charge is 0.388 e. The summed E-state index contributed by atoms with van der Waals surface area (Å²) in [4.78, 5) is 16.6. The molecular formula is C17H32N6O2. The maximum atomic E-state index is 12.4. The van der Waals surface area contributed by atoms with E-state index in [1.165, 1.54) is 0 Å². The van der Waals surface area contributed by atoms with Crippen molar-refractivity contribution in [2.24, 2.45) is 7.05 Å². The SMILES string of the molecule is CC[C@H](CNC(=O)N1CCC(c2nnc(CO)n2C)CC1)N(C)CC. The monoisotopic (exact) mass is 352 g/mol. The molecule has 25 heavy (non-hydrogen) atoms. The predicted molar refractivity (Wildman–Crippen MR) is 96.3 cm³/mol. The summed E-state index contributed by atoms with van der Waals surface area (Å²) in [6.07, 6.45) is 2.76. The van der Waals surface area contributed by atoms with Gasteiger partial charge < -0.3 is 24.8 Å². The number of carbonyl (C=O) groups excluding carboxylic acids is 1. The molecule has 2 amide bonds. The number of aromatic nitrogens is 3. The van der Waals surface area contributed by atoms with Crippen molar-refractivity contribution in [2.45, 2.75) is 51.7 Å². The van der Waals surface area contributed by atoms with Crippen molar-refractivity contribution in [1.82, 2.24) is 29.9 Å². The van der Waals surface area contributed by atoms with Gasteiger partial charge in [0.15, 0.2) is 5.82 Å². The van der Waals surface area contributed by atoms with Crippen LogP contribution in [-0.4, -0.2) is 75.0 Å². The molecule has 8 heteroatoms. The molecule has 1 aromatic heterocycles. The minimum Gasteiger partial charge on any atom is -0.388 e. The smallest absolute Gasteiger partial charge is 0.317 e. The van der Waals surface area contributed by atoms with Gasteiger partial charge in [-0.25, -0.2) is 4.79 Å². The van der Waals surface area contributed by atoms with Crippen LogP contribution in [-0.2, 0) is 13.7 Å². The third-order valence-electron chi connectivity index (χ3n) is 5.37. The Labute approximate surface area is 150 Å². The molecule has 1 atom stereocenters. The molecule has 0 spiro atoms. The van der Waals surface area contributed by atoms with E-state index in [9.17, 15) is 9.90 Å². The fourth-order valence-electron chi connectivity index (χ4n) is 3.40. The van der Waals surface area contributed by atoms with E-state index in [0.29, 0.717) is 18.4 Å². The first-order valence-electron chi connectivity index (χ1n) is 9.23. The van der Waals surface area contributed by atoms with Gasteiger partial charge in [0.05, 0.1) is 0 Å². The van der Waals surface area contributed by atoms with E-state index >= 15 is 0 Å². The van der Waals surface area contributed by atoms with Crippen molar-refractivity contribution in [3.05, 3.63) is 11.6 Å². The summed E-state index contributed by atoms with van der Waals surface area (Å²) in [5, 5.41) is 20.5. The van der Waals surface area contributed by atoms with Gasteiger partial charge in [-0.1, -0.05) is 13.8 Å². The van der Waals surface area contributed by atoms with Crippen LogP contribution in [0.5, 0.6) is 0 Å². The topological polar surface area (TPSA) is 86.5 Å². The molecule has 2 N–H and O–H groups in total. The van der Waals surface area contributed by atoms with Gasteiger partial charge in [0, 0.05) is 38.6 Å². The summed E-state index contributed by atoms with van der Waals surface area (Å²) in [5.74, 6) is 1.78. The van der Waals surface area contributed by atoms with Crippen molar-refractivity contribution < 1.29 is 9.90 Å². The van der Waals surface area contributed by atoms with Crippen LogP contribution < -0.4 is 5.32 Å². The van der Waals surface area contributed by atoms with E-state index in [-0.39, 0.29) is 18.6 Å². The number of piperidine rings is 1. The lowest BCUT2D eigenvalue weighted by molar-refractivity contribution is 0.173. The van der Waals surface area contributed by atoms with Gasteiger partial charge in [-0.2, -0.15) is 0 Å². The summed E-state index contributed by atoms with van der Waals surface area (Å²) < 4.78 is 1.87. The molecule has 8 nitrogen and oxygen atoms in total. The highest BCUT2D eigenvalue weighted by Gasteiger charge is 2.27. The van der Waals surface area contributed by atoms with Crippen LogP contribution in [0.1, 0.15) is 50.7 Å². The summed E-state index contributed by atoms with van der Waals surface area (Å²) in [6, 6.07) is 0.400. The standard InChI is InChI=1S/C17H32N6O2/c1-5-14(21(3)6-2)11-18-17(25)23-9-7-13(8-10-23)16-20-19-15(12-24)22(16)4/h13-14,24H,5-12H2,1-4H3,(H,18,25)/t14-/m1/s1. The fraction of sp³-hybridized carbons (Fsp3) is 0.824.